The van der Waals surface area contributed by atoms with Crippen molar-refractivity contribution in [2.24, 2.45) is 0 Å². The minimum atomic E-state index is -5.21. The van der Waals surface area contributed by atoms with E-state index in [0.717, 1.165) is 6.07 Å². The highest BCUT2D eigenvalue weighted by Crippen LogP contribution is 2.42. The van der Waals surface area contributed by atoms with Crippen molar-refractivity contribution in [1.29, 1.82) is 0 Å². The molecular weight excluding hydrogens is 362 g/mol. The fraction of sp³-hybridized carbons (Fsp3) is 0.125. The Labute approximate surface area is 116 Å². The Morgan fingerprint density at radius 1 is 1.53 bits per heavy atom. The van der Waals surface area contributed by atoms with E-state index >= 15 is 0 Å². The van der Waals surface area contributed by atoms with Gasteiger partial charge in [0, 0.05) is 0 Å². The van der Waals surface area contributed by atoms with Crippen molar-refractivity contribution in [3.8, 4) is 5.75 Å². The minimum absolute atomic E-state index is 0.474. The maximum Gasteiger partial charge on any atom is 0.573 e. The highest BCUT2D eigenvalue weighted by atomic mass is 79.9. The van der Waals surface area contributed by atoms with Crippen LogP contribution in [0.15, 0.2) is 10.5 Å². The predicted octanol–water partition coefficient (Wildman–Crippen LogP) is 3.61. The third kappa shape index (κ3) is 3.47. The zero-order valence-corrected chi connectivity index (χ0v) is 10.8. The first-order valence-electron chi connectivity index (χ1n) is 4.20. The molecule has 0 saturated carbocycles. The zero-order chi connectivity index (χ0) is 15.0. The third-order valence-corrected chi connectivity index (χ3v) is 2.65. The van der Waals surface area contributed by atoms with Crippen LogP contribution in [-0.4, -0.2) is 22.4 Å². The zero-order valence-electron chi connectivity index (χ0n) is 8.49. The van der Waals surface area contributed by atoms with E-state index < -0.39 is 43.8 Å². The molecule has 0 fully saturated rings. The van der Waals surface area contributed by atoms with E-state index in [9.17, 15) is 28.1 Å². The van der Waals surface area contributed by atoms with E-state index in [-0.39, 0.29) is 0 Å². The average molecular weight is 364 g/mol. The Morgan fingerprint density at radius 3 is 2.42 bits per heavy atom. The number of carbonyl (C=O) groups is 1. The van der Waals surface area contributed by atoms with Crippen LogP contribution in [0.5, 0.6) is 5.75 Å². The van der Waals surface area contributed by atoms with Gasteiger partial charge in [-0.25, -0.2) is 4.79 Å². The summed E-state index contributed by atoms with van der Waals surface area (Å²) in [5, 5.41) is 18.9. The number of rotatable bonds is 3. The van der Waals surface area contributed by atoms with Crippen molar-refractivity contribution in [2.45, 2.75) is 6.36 Å². The van der Waals surface area contributed by atoms with Crippen LogP contribution in [0, 0.1) is 10.1 Å². The molecule has 0 radical (unpaired) electrons. The Bertz CT molecular complexity index is 562. The first kappa shape index (κ1) is 15.5. The van der Waals surface area contributed by atoms with Crippen molar-refractivity contribution < 1.29 is 32.7 Å². The van der Waals surface area contributed by atoms with Crippen LogP contribution in [0.1, 0.15) is 10.4 Å². The molecule has 0 aliphatic rings. The minimum Gasteiger partial charge on any atom is -0.477 e. The Kier molecular flexibility index (Phi) is 4.25. The number of nitro groups is 1. The largest absolute Gasteiger partial charge is 0.573 e. The van der Waals surface area contributed by atoms with Gasteiger partial charge in [0.2, 0.25) is 0 Å². The monoisotopic (exact) mass is 363 g/mol. The highest BCUT2D eigenvalue weighted by Gasteiger charge is 2.38. The molecule has 1 aromatic carbocycles. The third-order valence-electron chi connectivity index (χ3n) is 1.77. The highest BCUT2D eigenvalue weighted by molar-refractivity contribution is 9.10. The normalized spacial score (nSPS) is 11.2. The van der Waals surface area contributed by atoms with Gasteiger partial charge in [-0.15, -0.1) is 13.2 Å². The van der Waals surface area contributed by atoms with E-state index in [0.29, 0.717) is 0 Å². The van der Waals surface area contributed by atoms with Crippen molar-refractivity contribution in [1.82, 2.24) is 0 Å². The van der Waals surface area contributed by atoms with E-state index in [1.54, 1.807) is 0 Å². The van der Waals surface area contributed by atoms with Crippen LogP contribution in [0.4, 0.5) is 18.9 Å². The van der Waals surface area contributed by atoms with Crippen molar-refractivity contribution in [3.05, 3.63) is 31.2 Å². The lowest BCUT2D eigenvalue weighted by atomic mass is 10.1. The number of hydrogen-bond acceptors (Lipinski definition) is 4. The number of halogens is 5. The summed E-state index contributed by atoms with van der Waals surface area (Å²) in [6.45, 7) is 0. The van der Waals surface area contributed by atoms with Gasteiger partial charge in [-0.2, -0.15) is 0 Å². The molecule has 11 heteroatoms. The molecule has 0 aliphatic heterocycles. The molecule has 0 amide bonds. The quantitative estimate of drug-likeness (QED) is 0.654. The van der Waals surface area contributed by atoms with Gasteiger partial charge in [0.25, 0.3) is 0 Å². The fourth-order valence-electron chi connectivity index (χ4n) is 1.18. The number of nitro benzene ring substituents is 1. The lowest BCUT2D eigenvalue weighted by molar-refractivity contribution is -0.385. The first-order chi connectivity index (χ1) is 8.54. The number of benzene rings is 1. The number of carboxylic acid groups (broad SMARTS) is 1. The summed E-state index contributed by atoms with van der Waals surface area (Å²) >= 11 is 8.05. The van der Waals surface area contributed by atoms with Gasteiger partial charge in [-0.3, -0.25) is 10.1 Å². The van der Waals surface area contributed by atoms with Crippen LogP contribution < -0.4 is 4.74 Å². The molecule has 0 aliphatic carbocycles. The molecule has 0 bridgehead atoms. The predicted molar refractivity (Wildman–Crippen MR) is 59.4 cm³/mol. The average Bonchev–Trinajstić information content (AvgIpc) is 2.18. The van der Waals surface area contributed by atoms with Gasteiger partial charge in [0.05, 0.1) is 9.40 Å². The second kappa shape index (κ2) is 5.21. The smallest absolute Gasteiger partial charge is 0.477 e. The van der Waals surface area contributed by atoms with E-state index in [4.69, 9.17) is 16.7 Å². The van der Waals surface area contributed by atoms with Crippen LogP contribution in [0.25, 0.3) is 0 Å². The van der Waals surface area contributed by atoms with Crippen molar-refractivity contribution in [3.63, 3.8) is 0 Å². The molecule has 6 nitrogen and oxygen atoms in total. The SMILES string of the molecule is O=C(O)c1c(OC(F)(F)F)c(Br)cc(Cl)c1[N+](=O)[O-]. The molecule has 1 aromatic rings. The molecule has 0 spiro atoms. The molecule has 104 valence electrons. The number of aromatic carboxylic acids is 1. The van der Waals surface area contributed by atoms with E-state index in [2.05, 4.69) is 20.7 Å². The molecular formula is C8H2BrClF3NO5. The molecule has 1 rings (SSSR count). The van der Waals surface area contributed by atoms with Crippen LogP contribution in [0.3, 0.4) is 0 Å². The first-order valence-corrected chi connectivity index (χ1v) is 5.37. The lowest BCUT2D eigenvalue weighted by Crippen LogP contribution is -2.20. The molecule has 0 aromatic heterocycles. The van der Waals surface area contributed by atoms with E-state index in [1.165, 1.54) is 0 Å². The molecule has 0 saturated heterocycles. The number of hydrogen-bond donors (Lipinski definition) is 1. The topological polar surface area (TPSA) is 89.7 Å². The fourth-order valence-corrected chi connectivity index (χ4v) is 2.10. The standard InChI is InChI=1S/C8H2BrClF3NO5/c9-2-1-3(10)5(14(17)18)4(7(15)16)6(2)19-8(11,12)13/h1H,(H,15,16). The summed E-state index contributed by atoms with van der Waals surface area (Å²) in [6.07, 6.45) is -5.21. The summed E-state index contributed by atoms with van der Waals surface area (Å²) in [6, 6.07) is 0.743. The number of ether oxygens (including phenoxy) is 1. The molecule has 1 N–H and O–H groups in total. The van der Waals surface area contributed by atoms with Gasteiger partial charge in [-0.1, -0.05) is 11.6 Å². The van der Waals surface area contributed by atoms with Gasteiger partial charge in [0.15, 0.2) is 11.3 Å². The summed E-state index contributed by atoms with van der Waals surface area (Å²) in [7, 11) is 0. The summed E-state index contributed by atoms with van der Waals surface area (Å²) in [4.78, 5) is 20.4. The summed E-state index contributed by atoms with van der Waals surface area (Å²) in [5.74, 6) is -3.22. The summed E-state index contributed by atoms with van der Waals surface area (Å²) in [5.41, 5.74) is -2.47. The van der Waals surface area contributed by atoms with Gasteiger partial charge in [0.1, 0.15) is 5.02 Å². The van der Waals surface area contributed by atoms with Gasteiger partial charge >= 0.3 is 18.0 Å². The van der Waals surface area contributed by atoms with Crippen molar-refractivity contribution >= 4 is 39.2 Å². The van der Waals surface area contributed by atoms with Crippen LogP contribution in [-0.2, 0) is 0 Å². The van der Waals surface area contributed by atoms with Crippen LogP contribution in [0.2, 0.25) is 5.02 Å². The number of alkyl halides is 3. The molecule has 0 unspecified atom stereocenters. The number of carboxylic acids is 1. The van der Waals surface area contributed by atoms with E-state index in [1.807, 2.05) is 0 Å². The second-order valence-corrected chi connectivity index (χ2v) is 4.26. The Morgan fingerprint density at radius 2 is 2.05 bits per heavy atom. The second-order valence-electron chi connectivity index (χ2n) is 3.00. The molecule has 19 heavy (non-hydrogen) atoms. The van der Waals surface area contributed by atoms with Crippen molar-refractivity contribution in [2.75, 3.05) is 0 Å². The number of nitrogens with zero attached hydrogens (tertiary/aromatic N) is 1. The molecule has 0 heterocycles. The van der Waals surface area contributed by atoms with Gasteiger partial charge < -0.3 is 9.84 Å². The van der Waals surface area contributed by atoms with Gasteiger partial charge in [-0.05, 0) is 22.0 Å². The molecule has 0 atom stereocenters. The lowest BCUT2D eigenvalue weighted by Gasteiger charge is -2.13. The maximum atomic E-state index is 12.2. The Hall–Kier alpha value is -1.55. The maximum absolute atomic E-state index is 12.2. The Balaban J connectivity index is 3.66. The summed E-state index contributed by atoms with van der Waals surface area (Å²) < 4.78 is 39.5. The van der Waals surface area contributed by atoms with Crippen LogP contribution >= 0.6 is 27.5 Å².